The number of halogens is 1. The summed E-state index contributed by atoms with van der Waals surface area (Å²) in [6, 6.07) is 8.16. The maximum atomic E-state index is 12.2. The minimum absolute atomic E-state index is 0.0175. The molecule has 2 rings (SSSR count). The standard InChI is InChI=1S/C15H21BrN2O2/c1-11(9-12-5-3-4-6-13(12)16)17-15(19)14-10-18(2)7-8-20-14/h3-6,11,14H,7-10H2,1-2H3,(H,17,19)/t11-,14+/m0/s1. The highest BCUT2D eigenvalue weighted by Crippen LogP contribution is 2.17. The number of benzene rings is 1. The first-order valence-corrected chi connectivity index (χ1v) is 7.69. The molecule has 0 bridgehead atoms. The predicted octanol–water partition coefficient (Wildman–Crippen LogP) is 1.83. The quantitative estimate of drug-likeness (QED) is 0.909. The Hall–Kier alpha value is -0.910. The smallest absolute Gasteiger partial charge is 0.250 e. The molecule has 1 saturated heterocycles. The number of carbonyl (C=O) groups is 1. The van der Waals surface area contributed by atoms with Crippen molar-refractivity contribution in [2.45, 2.75) is 25.5 Å². The van der Waals surface area contributed by atoms with Crippen LogP contribution in [0.25, 0.3) is 0 Å². The van der Waals surface area contributed by atoms with Gasteiger partial charge in [-0.15, -0.1) is 0 Å². The maximum absolute atomic E-state index is 12.2. The van der Waals surface area contributed by atoms with Gasteiger partial charge in [0, 0.05) is 23.6 Å². The first-order chi connectivity index (χ1) is 9.56. The topological polar surface area (TPSA) is 41.6 Å². The van der Waals surface area contributed by atoms with Gasteiger partial charge in [-0.3, -0.25) is 4.79 Å². The van der Waals surface area contributed by atoms with E-state index >= 15 is 0 Å². The summed E-state index contributed by atoms with van der Waals surface area (Å²) in [4.78, 5) is 14.3. The van der Waals surface area contributed by atoms with E-state index in [2.05, 4.69) is 32.2 Å². The molecule has 1 aliphatic heterocycles. The molecule has 5 heteroatoms. The first kappa shape index (κ1) is 15.5. The van der Waals surface area contributed by atoms with Crippen molar-refractivity contribution in [1.29, 1.82) is 0 Å². The highest BCUT2D eigenvalue weighted by Gasteiger charge is 2.25. The molecule has 110 valence electrons. The van der Waals surface area contributed by atoms with Crippen molar-refractivity contribution in [2.24, 2.45) is 0 Å². The Labute approximate surface area is 128 Å². The van der Waals surface area contributed by atoms with Crippen LogP contribution in [0.4, 0.5) is 0 Å². The van der Waals surface area contributed by atoms with E-state index in [-0.39, 0.29) is 18.1 Å². The summed E-state index contributed by atoms with van der Waals surface area (Å²) in [7, 11) is 2.01. The van der Waals surface area contributed by atoms with Crippen molar-refractivity contribution in [1.82, 2.24) is 10.2 Å². The lowest BCUT2D eigenvalue weighted by Gasteiger charge is -2.30. The maximum Gasteiger partial charge on any atom is 0.250 e. The Kier molecular flexibility index (Phi) is 5.57. The highest BCUT2D eigenvalue weighted by atomic mass is 79.9. The highest BCUT2D eigenvalue weighted by molar-refractivity contribution is 9.10. The average molecular weight is 341 g/mol. The van der Waals surface area contributed by atoms with Crippen LogP contribution in [0.2, 0.25) is 0 Å². The van der Waals surface area contributed by atoms with Crippen LogP contribution < -0.4 is 5.32 Å². The third-order valence-corrected chi connectivity index (χ3v) is 4.21. The molecule has 0 spiro atoms. The minimum Gasteiger partial charge on any atom is -0.366 e. The Morgan fingerprint density at radius 3 is 3.00 bits per heavy atom. The van der Waals surface area contributed by atoms with Crippen LogP contribution >= 0.6 is 15.9 Å². The molecule has 1 aromatic rings. The number of nitrogens with zero attached hydrogens (tertiary/aromatic N) is 1. The molecule has 0 saturated carbocycles. The van der Waals surface area contributed by atoms with Crippen molar-refractivity contribution < 1.29 is 9.53 Å². The molecular formula is C15H21BrN2O2. The largest absolute Gasteiger partial charge is 0.366 e. The Bertz CT molecular complexity index is 467. The number of hydrogen-bond acceptors (Lipinski definition) is 3. The number of nitrogens with one attached hydrogen (secondary N) is 1. The second-order valence-corrected chi connectivity index (χ2v) is 6.18. The van der Waals surface area contributed by atoms with E-state index < -0.39 is 0 Å². The van der Waals surface area contributed by atoms with Gasteiger partial charge in [0.1, 0.15) is 6.10 Å². The molecular weight excluding hydrogens is 320 g/mol. The van der Waals surface area contributed by atoms with E-state index in [9.17, 15) is 4.79 Å². The van der Waals surface area contributed by atoms with E-state index in [0.29, 0.717) is 13.2 Å². The zero-order valence-electron chi connectivity index (χ0n) is 11.9. The molecule has 1 aromatic carbocycles. The molecule has 1 heterocycles. The molecule has 4 nitrogen and oxygen atoms in total. The van der Waals surface area contributed by atoms with Gasteiger partial charge in [0.2, 0.25) is 0 Å². The number of morpholine rings is 1. The van der Waals surface area contributed by atoms with Crippen molar-refractivity contribution in [3.05, 3.63) is 34.3 Å². The van der Waals surface area contributed by atoms with Crippen LogP contribution in [-0.4, -0.2) is 49.7 Å². The summed E-state index contributed by atoms with van der Waals surface area (Å²) in [5, 5.41) is 3.03. The molecule has 0 unspecified atom stereocenters. The lowest BCUT2D eigenvalue weighted by Crippen LogP contribution is -2.50. The molecule has 0 aliphatic carbocycles. The summed E-state index contributed by atoms with van der Waals surface area (Å²) < 4.78 is 6.60. The van der Waals surface area contributed by atoms with Gasteiger partial charge in [0.15, 0.2) is 0 Å². The lowest BCUT2D eigenvalue weighted by molar-refractivity contribution is -0.138. The Morgan fingerprint density at radius 2 is 2.30 bits per heavy atom. The average Bonchev–Trinajstić information content (AvgIpc) is 2.41. The van der Waals surface area contributed by atoms with Crippen molar-refractivity contribution in [3.8, 4) is 0 Å². The third-order valence-electron chi connectivity index (χ3n) is 3.43. The molecule has 1 N–H and O–H groups in total. The fraction of sp³-hybridized carbons (Fsp3) is 0.533. The van der Waals surface area contributed by atoms with Crippen LogP contribution in [-0.2, 0) is 16.0 Å². The number of rotatable bonds is 4. The van der Waals surface area contributed by atoms with Gasteiger partial charge < -0.3 is 15.0 Å². The number of amides is 1. The first-order valence-electron chi connectivity index (χ1n) is 6.90. The molecule has 20 heavy (non-hydrogen) atoms. The van der Waals surface area contributed by atoms with E-state index in [1.54, 1.807) is 0 Å². The summed E-state index contributed by atoms with van der Waals surface area (Å²) >= 11 is 3.53. The Morgan fingerprint density at radius 1 is 1.55 bits per heavy atom. The minimum atomic E-state index is -0.351. The van der Waals surface area contributed by atoms with Gasteiger partial charge in [-0.2, -0.15) is 0 Å². The second kappa shape index (κ2) is 7.20. The Balaban J connectivity index is 1.86. The second-order valence-electron chi connectivity index (χ2n) is 5.33. The summed E-state index contributed by atoms with van der Waals surface area (Å²) in [5.41, 5.74) is 1.20. The van der Waals surface area contributed by atoms with Gasteiger partial charge in [-0.25, -0.2) is 0 Å². The zero-order valence-corrected chi connectivity index (χ0v) is 13.5. The zero-order chi connectivity index (χ0) is 14.5. The number of ether oxygens (including phenoxy) is 1. The molecule has 1 fully saturated rings. The van der Waals surface area contributed by atoms with Gasteiger partial charge in [-0.1, -0.05) is 34.1 Å². The van der Waals surface area contributed by atoms with Crippen molar-refractivity contribution >= 4 is 21.8 Å². The van der Waals surface area contributed by atoms with Gasteiger partial charge >= 0.3 is 0 Å². The monoisotopic (exact) mass is 340 g/mol. The number of likely N-dealkylation sites (N-methyl/N-ethyl adjacent to an activating group) is 1. The summed E-state index contributed by atoms with van der Waals surface area (Å²) in [6.07, 6.45) is 0.450. The van der Waals surface area contributed by atoms with Crippen LogP contribution in [0, 0.1) is 0 Å². The van der Waals surface area contributed by atoms with Crippen LogP contribution in [0.5, 0.6) is 0 Å². The van der Waals surface area contributed by atoms with E-state index in [1.807, 2.05) is 32.2 Å². The van der Waals surface area contributed by atoms with E-state index in [0.717, 1.165) is 17.4 Å². The fourth-order valence-electron chi connectivity index (χ4n) is 2.32. The molecule has 0 radical (unpaired) electrons. The summed E-state index contributed by atoms with van der Waals surface area (Å²) in [5.74, 6) is -0.0175. The normalized spacial score (nSPS) is 21.4. The fourth-order valence-corrected chi connectivity index (χ4v) is 2.76. The third kappa shape index (κ3) is 4.30. The van der Waals surface area contributed by atoms with Gasteiger partial charge in [0.05, 0.1) is 6.61 Å². The van der Waals surface area contributed by atoms with Gasteiger partial charge in [0.25, 0.3) is 5.91 Å². The number of carbonyl (C=O) groups excluding carboxylic acids is 1. The molecule has 1 amide bonds. The van der Waals surface area contributed by atoms with Crippen LogP contribution in [0.3, 0.4) is 0 Å². The van der Waals surface area contributed by atoms with Crippen molar-refractivity contribution in [3.63, 3.8) is 0 Å². The molecule has 2 atom stereocenters. The van der Waals surface area contributed by atoms with E-state index in [4.69, 9.17) is 4.74 Å². The molecule has 1 aliphatic rings. The SMILES string of the molecule is C[C@@H](Cc1ccccc1Br)NC(=O)[C@H]1CN(C)CCO1. The van der Waals surface area contributed by atoms with Crippen LogP contribution in [0.1, 0.15) is 12.5 Å². The van der Waals surface area contributed by atoms with Crippen LogP contribution in [0.15, 0.2) is 28.7 Å². The number of hydrogen-bond donors (Lipinski definition) is 1. The van der Waals surface area contributed by atoms with Gasteiger partial charge in [-0.05, 0) is 32.0 Å². The lowest BCUT2D eigenvalue weighted by atomic mass is 10.1. The van der Waals surface area contributed by atoms with E-state index in [1.165, 1.54) is 5.56 Å². The summed E-state index contributed by atoms with van der Waals surface area (Å²) in [6.45, 7) is 4.18. The predicted molar refractivity (Wildman–Crippen MR) is 82.7 cm³/mol. The molecule has 0 aromatic heterocycles. The van der Waals surface area contributed by atoms with Crippen molar-refractivity contribution in [2.75, 3.05) is 26.7 Å².